The smallest absolute Gasteiger partial charge is 0.0682 e. The lowest BCUT2D eigenvalue weighted by Gasteiger charge is -2.40. The van der Waals surface area contributed by atoms with Gasteiger partial charge in [0.2, 0.25) is 0 Å². The molecule has 1 N–H and O–H groups in total. The van der Waals surface area contributed by atoms with E-state index in [2.05, 4.69) is 24.3 Å². The van der Waals surface area contributed by atoms with Crippen molar-refractivity contribution in [2.45, 2.75) is 30.8 Å². The first-order valence-electron chi connectivity index (χ1n) is 5.65. The lowest BCUT2D eigenvalue weighted by molar-refractivity contribution is 0.154. The Bertz CT molecular complexity index is 361. The number of aliphatic hydroxyl groups excluding tert-OH is 1. The van der Waals surface area contributed by atoms with Crippen LogP contribution in [0.4, 0.5) is 0 Å². The van der Waals surface area contributed by atoms with Crippen LogP contribution in [0.3, 0.4) is 0 Å². The average Bonchev–Trinajstić information content (AvgIpc) is 2.52. The second kappa shape index (κ2) is 2.22. The molecule has 72 valence electrons. The van der Waals surface area contributed by atoms with Gasteiger partial charge in [0.1, 0.15) is 0 Å². The van der Waals surface area contributed by atoms with Gasteiger partial charge in [-0.1, -0.05) is 24.3 Å². The molecular formula is C13H14O. The third kappa shape index (κ3) is 0.621. The lowest BCUT2D eigenvalue weighted by Crippen LogP contribution is -2.30. The van der Waals surface area contributed by atoms with Gasteiger partial charge in [0.15, 0.2) is 0 Å². The third-order valence-electron chi connectivity index (χ3n) is 4.76. The van der Waals surface area contributed by atoms with E-state index in [9.17, 15) is 5.11 Å². The monoisotopic (exact) mass is 186 g/mol. The summed E-state index contributed by atoms with van der Waals surface area (Å²) < 4.78 is 0. The highest BCUT2D eigenvalue weighted by molar-refractivity contribution is 5.46. The van der Waals surface area contributed by atoms with E-state index >= 15 is 0 Å². The topological polar surface area (TPSA) is 20.2 Å². The fourth-order valence-electron chi connectivity index (χ4n) is 4.12. The molecule has 2 saturated carbocycles. The first-order chi connectivity index (χ1) is 6.88. The molecule has 0 aromatic heterocycles. The van der Waals surface area contributed by atoms with Crippen LogP contribution in [0.25, 0.3) is 0 Å². The number of hydrogen-bond donors (Lipinski definition) is 1. The van der Waals surface area contributed by atoms with Gasteiger partial charge in [-0.25, -0.2) is 0 Å². The summed E-state index contributed by atoms with van der Waals surface area (Å²) in [4.78, 5) is 0. The summed E-state index contributed by atoms with van der Waals surface area (Å²) in [7, 11) is 0. The van der Waals surface area contributed by atoms with Gasteiger partial charge in [0.25, 0.3) is 0 Å². The van der Waals surface area contributed by atoms with Crippen molar-refractivity contribution in [1.82, 2.24) is 0 Å². The van der Waals surface area contributed by atoms with E-state index < -0.39 is 0 Å². The molecule has 0 spiro atoms. The summed E-state index contributed by atoms with van der Waals surface area (Å²) in [6, 6.07) is 8.66. The summed E-state index contributed by atoms with van der Waals surface area (Å²) in [5.74, 6) is 2.58. The summed E-state index contributed by atoms with van der Waals surface area (Å²) in [5.41, 5.74) is 2.90. The zero-order chi connectivity index (χ0) is 9.28. The van der Waals surface area contributed by atoms with Crippen molar-refractivity contribution in [2.75, 3.05) is 0 Å². The number of fused-ring (bicyclic) bond motifs is 8. The molecular weight excluding hydrogens is 172 g/mol. The van der Waals surface area contributed by atoms with E-state index in [1.54, 1.807) is 0 Å². The fraction of sp³-hybridized carbons (Fsp3) is 0.538. The molecule has 2 bridgehead atoms. The Hall–Kier alpha value is -0.820. The maximum absolute atomic E-state index is 10.2. The zero-order valence-corrected chi connectivity index (χ0v) is 8.06. The van der Waals surface area contributed by atoms with Gasteiger partial charge in [-0.3, -0.25) is 0 Å². The van der Waals surface area contributed by atoms with Crippen LogP contribution in [0.5, 0.6) is 0 Å². The normalized spacial score (nSPS) is 47.1. The quantitative estimate of drug-likeness (QED) is 0.659. The van der Waals surface area contributed by atoms with E-state index in [0.29, 0.717) is 11.8 Å². The molecule has 5 atom stereocenters. The van der Waals surface area contributed by atoms with E-state index in [1.165, 1.54) is 24.0 Å². The van der Waals surface area contributed by atoms with E-state index in [0.717, 1.165) is 11.8 Å². The van der Waals surface area contributed by atoms with Crippen molar-refractivity contribution in [3.8, 4) is 0 Å². The van der Waals surface area contributed by atoms with Crippen LogP contribution in [0, 0.1) is 11.8 Å². The predicted molar refractivity (Wildman–Crippen MR) is 54.1 cm³/mol. The van der Waals surface area contributed by atoms with Crippen LogP contribution in [-0.4, -0.2) is 11.2 Å². The van der Waals surface area contributed by atoms with Gasteiger partial charge in [-0.2, -0.15) is 0 Å². The summed E-state index contributed by atoms with van der Waals surface area (Å²) in [6.07, 6.45) is 2.62. The zero-order valence-electron chi connectivity index (χ0n) is 8.06. The van der Waals surface area contributed by atoms with Crippen molar-refractivity contribution >= 4 is 0 Å². The molecule has 2 fully saturated rings. The number of hydrogen-bond acceptors (Lipinski definition) is 1. The third-order valence-corrected chi connectivity index (χ3v) is 4.76. The van der Waals surface area contributed by atoms with Gasteiger partial charge in [-0.05, 0) is 35.8 Å². The first kappa shape index (κ1) is 7.47. The standard InChI is InChI=1S/C13H14O/c14-13-11-7-3-1-2-4-8(7)12(13)10-6-5-9(10)11/h1-4,9-14H,5-6H2/t9-,10+,11-,12-,13?/m0/s1. The SMILES string of the molecule is OC1[C@H]2c3ccccc3[C@H]1[C@H]1CC[C@H]12. The molecule has 4 rings (SSSR count). The van der Waals surface area contributed by atoms with Crippen molar-refractivity contribution in [1.29, 1.82) is 0 Å². The Balaban J connectivity index is 1.95. The first-order valence-corrected chi connectivity index (χ1v) is 5.65. The average molecular weight is 186 g/mol. The molecule has 1 heteroatoms. The second-order valence-electron chi connectivity index (χ2n) is 5.08. The molecule has 1 aromatic rings. The highest BCUT2D eigenvalue weighted by Gasteiger charge is 2.59. The maximum atomic E-state index is 10.2. The van der Waals surface area contributed by atoms with Crippen molar-refractivity contribution in [3.05, 3.63) is 35.4 Å². The van der Waals surface area contributed by atoms with E-state index in [-0.39, 0.29) is 6.10 Å². The molecule has 1 aromatic carbocycles. The largest absolute Gasteiger partial charge is 0.392 e. The van der Waals surface area contributed by atoms with Crippen LogP contribution in [0.2, 0.25) is 0 Å². The lowest BCUT2D eigenvalue weighted by atomic mass is 9.64. The molecule has 0 amide bonds. The van der Waals surface area contributed by atoms with Crippen LogP contribution in [0.1, 0.15) is 35.8 Å². The van der Waals surface area contributed by atoms with Gasteiger partial charge in [0.05, 0.1) is 6.10 Å². The number of benzene rings is 1. The second-order valence-corrected chi connectivity index (χ2v) is 5.08. The molecule has 0 aliphatic heterocycles. The Morgan fingerprint density at radius 3 is 1.86 bits per heavy atom. The number of rotatable bonds is 0. The highest BCUT2D eigenvalue weighted by atomic mass is 16.3. The molecule has 0 heterocycles. The minimum Gasteiger partial charge on any atom is -0.392 e. The highest BCUT2D eigenvalue weighted by Crippen LogP contribution is 2.66. The minimum atomic E-state index is -0.0649. The van der Waals surface area contributed by atoms with Crippen molar-refractivity contribution in [2.24, 2.45) is 11.8 Å². The summed E-state index contributed by atoms with van der Waals surface area (Å²) in [5, 5.41) is 10.2. The maximum Gasteiger partial charge on any atom is 0.0682 e. The summed E-state index contributed by atoms with van der Waals surface area (Å²) >= 11 is 0. The van der Waals surface area contributed by atoms with Crippen LogP contribution in [-0.2, 0) is 0 Å². The molecule has 3 aliphatic rings. The van der Waals surface area contributed by atoms with Crippen LogP contribution >= 0.6 is 0 Å². The van der Waals surface area contributed by atoms with Crippen LogP contribution < -0.4 is 0 Å². The van der Waals surface area contributed by atoms with Crippen molar-refractivity contribution in [3.63, 3.8) is 0 Å². The van der Waals surface area contributed by atoms with E-state index in [1.807, 2.05) is 0 Å². The van der Waals surface area contributed by atoms with E-state index in [4.69, 9.17) is 0 Å². The fourth-order valence-corrected chi connectivity index (χ4v) is 4.12. The molecule has 3 aliphatic carbocycles. The van der Waals surface area contributed by atoms with Gasteiger partial charge in [-0.15, -0.1) is 0 Å². The van der Waals surface area contributed by atoms with Crippen molar-refractivity contribution < 1.29 is 5.11 Å². The Morgan fingerprint density at radius 1 is 0.929 bits per heavy atom. The molecule has 0 saturated heterocycles. The molecule has 14 heavy (non-hydrogen) atoms. The van der Waals surface area contributed by atoms with Gasteiger partial charge < -0.3 is 5.11 Å². The molecule has 0 radical (unpaired) electrons. The van der Waals surface area contributed by atoms with Gasteiger partial charge >= 0.3 is 0 Å². The predicted octanol–water partition coefficient (Wildman–Crippen LogP) is 2.27. The van der Waals surface area contributed by atoms with Crippen LogP contribution in [0.15, 0.2) is 24.3 Å². The summed E-state index contributed by atoms with van der Waals surface area (Å²) in [6.45, 7) is 0. The minimum absolute atomic E-state index is 0.0649. The molecule has 1 nitrogen and oxygen atoms in total. The Morgan fingerprint density at radius 2 is 1.43 bits per heavy atom. The number of aliphatic hydroxyl groups is 1. The molecule has 1 unspecified atom stereocenters. The Labute approximate surface area is 83.8 Å². The van der Waals surface area contributed by atoms with Gasteiger partial charge in [0, 0.05) is 11.8 Å². The Kier molecular flexibility index (Phi) is 1.18.